The number of rotatable bonds is 8. The van der Waals surface area contributed by atoms with Gasteiger partial charge in [-0.2, -0.15) is 0 Å². The molecule has 1 unspecified atom stereocenters. The first-order valence-corrected chi connectivity index (χ1v) is 7.08. The first-order valence-electron chi connectivity index (χ1n) is 7.08. The average molecular weight is 249 g/mol. The van der Waals surface area contributed by atoms with Gasteiger partial charge in [0.2, 0.25) is 0 Å². The molecule has 102 valence electrons. The highest BCUT2D eigenvalue weighted by atomic mass is 16.5. The van der Waals surface area contributed by atoms with Crippen molar-refractivity contribution in [1.82, 2.24) is 5.32 Å². The fourth-order valence-electron chi connectivity index (χ4n) is 1.87. The van der Waals surface area contributed by atoms with Crippen molar-refractivity contribution in [2.24, 2.45) is 5.92 Å². The van der Waals surface area contributed by atoms with E-state index in [-0.39, 0.29) is 6.10 Å². The van der Waals surface area contributed by atoms with Crippen molar-refractivity contribution in [3.63, 3.8) is 0 Å². The molecular weight excluding hydrogens is 222 g/mol. The molecule has 0 aliphatic carbocycles. The van der Waals surface area contributed by atoms with Crippen molar-refractivity contribution >= 4 is 0 Å². The van der Waals surface area contributed by atoms with Crippen molar-refractivity contribution in [3.8, 4) is 5.75 Å². The van der Waals surface area contributed by atoms with Crippen LogP contribution in [0.5, 0.6) is 5.75 Å². The summed E-state index contributed by atoms with van der Waals surface area (Å²) in [6.45, 7) is 10.8. The van der Waals surface area contributed by atoms with E-state index < -0.39 is 0 Å². The lowest BCUT2D eigenvalue weighted by molar-refractivity contribution is 0.214. The Balaban J connectivity index is 2.33. The molecule has 0 aliphatic heterocycles. The molecule has 0 spiro atoms. The van der Waals surface area contributed by atoms with Crippen LogP contribution in [0.15, 0.2) is 24.3 Å². The molecule has 1 atom stereocenters. The highest BCUT2D eigenvalue weighted by Gasteiger charge is 2.06. The van der Waals surface area contributed by atoms with Gasteiger partial charge in [-0.15, -0.1) is 0 Å². The van der Waals surface area contributed by atoms with Gasteiger partial charge in [0.25, 0.3) is 0 Å². The van der Waals surface area contributed by atoms with Crippen LogP contribution in [0.25, 0.3) is 0 Å². The van der Waals surface area contributed by atoms with Gasteiger partial charge in [0.15, 0.2) is 0 Å². The van der Waals surface area contributed by atoms with Crippen LogP contribution in [0.4, 0.5) is 0 Å². The van der Waals surface area contributed by atoms with Crippen LogP contribution >= 0.6 is 0 Å². The minimum Gasteiger partial charge on any atom is -0.489 e. The van der Waals surface area contributed by atoms with Gasteiger partial charge in [0, 0.05) is 6.54 Å². The molecule has 0 radical (unpaired) electrons. The van der Waals surface area contributed by atoms with Gasteiger partial charge in [-0.25, -0.2) is 0 Å². The summed E-state index contributed by atoms with van der Waals surface area (Å²) in [5.74, 6) is 1.78. The van der Waals surface area contributed by atoms with Gasteiger partial charge in [0.05, 0.1) is 0 Å². The molecule has 2 heteroatoms. The van der Waals surface area contributed by atoms with Gasteiger partial charge in [-0.3, -0.25) is 0 Å². The van der Waals surface area contributed by atoms with Crippen LogP contribution in [0, 0.1) is 5.92 Å². The first-order chi connectivity index (χ1) is 8.63. The Morgan fingerprint density at radius 2 is 1.89 bits per heavy atom. The Morgan fingerprint density at radius 3 is 2.56 bits per heavy atom. The molecule has 1 aromatic carbocycles. The van der Waals surface area contributed by atoms with Gasteiger partial charge in [-0.1, -0.05) is 39.0 Å². The average Bonchev–Trinajstić information content (AvgIpc) is 2.35. The molecular formula is C16H27NO. The maximum Gasteiger partial charge on any atom is 0.122 e. The minimum absolute atomic E-state index is 0.213. The van der Waals surface area contributed by atoms with Gasteiger partial charge >= 0.3 is 0 Å². The van der Waals surface area contributed by atoms with E-state index in [4.69, 9.17) is 4.74 Å². The summed E-state index contributed by atoms with van der Waals surface area (Å²) in [4.78, 5) is 0. The lowest BCUT2D eigenvalue weighted by atomic mass is 10.1. The Hall–Kier alpha value is -1.02. The summed E-state index contributed by atoms with van der Waals surface area (Å²) in [5.41, 5.74) is 1.28. The molecule has 1 rings (SSSR count). The van der Waals surface area contributed by atoms with E-state index in [1.807, 2.05) is 6.07 Å². The monoisotopic (exact) mass is 249 g/mol. The number of nitrogens with one attached hydrogen (secondary N) is 1. The van der Waals surface area contributed by atoms with Crippen molar-refractivity contribution in [2.45, 2.75) is 46.6 Å². The van der Waals surface area contributed by atoms with E-state index in [0.29, 0.717) is 0 Å². The van der Waals surface area contributed by atoms with Crippen LogP contribution in [0.3, 0.4) is 0 Å². The van der Waals surface area contributed by atoms with Gasteiger partial charge in [-0.05, 0) is 43.9 Å². The molecule has 0 saturated heterocycles. The third kappa shape index (κ3) is 5.54. The second-order valence-corrected chi connectivity index (χ2v) is 5.28. The predicted molar refractivity (Wildman–Crippen MR) is 78.2 cm³/mol. The molecule has 1 aromatic rings. The summed E-state index contributed by atoms with van der Waals surface area (Å²) in [6, 6.07) is 8.29. The maximum absolute atomic E-state index is 5.98. The molecule has 0 fully saturated rings. The van der Waals surface area contributed by atoms with Crippen LogP contribution in [0.1, 0.15) is 39.7 Å². The van der Waals surface area contributed by atoms with Crippen molar-refractivity contribution in [2.75, 3.05) is 13.1 Å². The Kier molecular flexibility index (Phi) is 6.81. The number of hydrogen-bond donors (Lipinski definition) is 1. The zero-order chi connectivity index (χ0) is 13.4. The number of hydrogen-bond acceptors (Lipinski definition) is 2. The number of benzene rings is 1. The van der Waals surface area contributed by atoms with Crippen LogP contribution < -0.4 is 10.1 Å². The van der Waals surface area contributed by atoms with Gasteiger partial charge in [0.1, 0.15) is 11.9 Å². The molecule has 0 aromatic heterocycles. The quantitative estimate of drug-likeness (QED) is 0.710. The van der Waals surface area contributed by atoms with E-state index in [0.717, 1.165) is 31.2 Å². The van der Waals surface area contributed by atoms with Crippen LogP contribution in [-0.4, -0.2) is 19.2 Å². The van der Waals surface area contributed by atoms with E-state index >= 15 is 0 Å². The third-order valence-electron chi connectivity index (χ3n) is 3.01. The third-order valence-corrected chi connectivity index (χ3v) is 3.01. The second kappa shape index (κ2) is 8.15. The fourth-order valence-corrected chi connectivity index (χ4v) is 1.87. The molecule has 0 amide bonds. The fraction of sp³-hybridized carbons (Fsp3) is 0.625. The summed E-state index contributed by atoms with van der Waals surface area (Å²) in [5, 5.41) is 3.45. The number of aryl methyl sites for hydroxylation is 1. The summed E-state index contributed by atoms with van der Waals surface area (Å²) >= 11 is 0. The zero-order valence-electron chi connectivity index (χ0n) is 12.2. The molecule has 18 heavy (non-hydrogen) atoms. The number of para-hydroxylation sites is 1. The lowest BCUT2D eigenvalue weighted by Crippen LogP contribution is -2.30. The summed E-state index contributed by atoms with van der Waals surface area (Å²) < 4.78 is 5.98. The lowest BCUT2D eigenvalue weighted by Gasteiger charge is -2.18. The normalized spacial score (nSPS) is 12.7. The highest BCUT2D eigenvalue weighted by Crippen LogP contribution is 2.19. The summed E-state index contributed by atoms with van der Waals surface area (Å²) in [6.07, 6.45) is 2.45. The highest BCUT2D eigenvalue weighted by molar-refractivity contribution is 5.33. The SMILES string of the molecule is CCc1ccccc1OC(C)CNCCC(C)C. The minimum atomic E-state index is 0.213. The van der Waals surface area contributed by atoms with Gasteiger partial charge < -0.3 is 10.1 Å². The maximum atomic E-state index is 5.98. The van der Waals surface area contributed by atoms with E-state index in [1.54, 1.807) is 0 Å². The van der Waals surface area contributed by atoms with Crippen LogP contribution in [0.2, 0.25) is 0 Å². The molecule has 1 N–H and O–H groups in total. The second-order valence-electron chi connectivity index (χ2n) is 5.28. The van der Waals surface area contributed by atoms with Crippen molar-refractivity contribution in [3.05, 3.63) is 29.8 Å². The largest absolute Gasteiger partial charge is 0.489 e. The molecule has 0 heterocycles. The Bertz CT molecular complexity index is 336. The zero-order valence-corrected chi connectivity index (χ0v) is 12.2. The molecule has 2 nitrogen and oxygen atoms in total. The Morgan fingerprint density at radius 1 is 1.17 bits per heavy atom. The Labute approximate surface area is 112 Å². The van der Waals surface area contributed by atoms with Crippen molar-refractivity contribution in [1.29, 1.82) is 0 Å². The molecule has 0 bridgehead atoms. The van der Waals surface area contributed by atoms with E-state index in [9.17, 15) is 0 Å². The van der Waals surface area contributed by atoms with Crippen LogP contribution in [-0.2, 0) is 6.42 Å². The summed E-state index contributed by atoms with van der Waals surface area (Å²) in [7, 11) is 0. The van der Waals surface area contributed by atoms with E-state index in [2.05, 4.69) is 51.2 Å². The molecule has 0 saturated carbocycles. The van der Waals surface area contributed by atoms with E-state index in [1.165, 1.54) is 12.0 Å². The standard InChI is InChI=1S/C16H27NO/c1-5-15-8-6-7-9-16(15)18-14(4)12-17-11-10-13(2)3/h6-9,13-14,17H,5,10-12H2,1-4H3. The smallest absolute Gasteiger partial charge is 0.122 e. The number of ether oxygens (including phenoxy) is 1. The molecule has 0 aliphatic rings. The predicted octanol–water partition coefficient (Wildman–Crippen LogP) is 3.65. The first kappa shape index (κ1) is 15.0. The topological polar surface area (TPSA) is 21.3 Å². The van der Waals surface area contributed by atoms with Crippen molar-refractivity contribution < 1.29 is 4.74 Å².